The molecule has 0 aliphatic rings. The summed E-state index contributed by atoms with van der Waals surface area (Å²) in [7, 11) is 0. The maximum atomic E-state index is 4.83. The minimum atomic E-state index is 0.689. The number of aromatic nitrogens is 2. The summed E-state index contributed by atoms with van der Waals surface area (Å²) in [4.78, 5) is 0. The second kappa shape index (κ2) is 1.98. The van der Waals surface area contributed by atoms with Gasteiger partial charge in [-0.05, 0) is 11.2 Å². The molecular weight excluding hydrogens is 132 g/mol. The molecule has 0 radical (unpaired) electrons. The summed E-state index contributed by atoms with van der Waals surface area (Å²) in [5, 5.41) is 7.06. The summed E-state index contributed by atoms with van der Waals surface area (Å²) < 4.78 is 9.23. The van der Waals surface area contributed by atoms with Crippen molar-refractivity contribution in [1.29, 1.82) is 0 Å². The van der Waals surface area contributed by atoms with Gasteiger partial charge in [0.15, 0.2) is 0 Å². The predicted octanol–water partition coefficient (Wildman–Crippen LogP) is 1.33. The van der Waals surface area contributed by atoms with Crippen LogP contribution in [0.5, 0.6) is 0 Å². The van der Waals surface area contributed by atoms with E-state index >= 15 is 0 Å². The van der Waals surface area contributed by atoms with Gasteiger partial charge in [-0.15, -0.1) is 0 Å². The Labute approximate surface area is 56.4 Å². The first-order valence-corrected chi connectivity index (χ1v) is 2.77. The molecule has 0 N–H and O–H groups in total. The number of hydrogen-bond acceptors (Lipinski definition) is 4. The summed E-state index contributed by atoms with van der Waals surface area (Å²) in [6.45, 7) is 0. The van der Waals surface area contributed by atoms with Gasteiger partial charge >= 0.3 is 0 Å². The lowest BCUT2D eigenvalue weighted by atomic mass is 10.3. The van der Waals surface area contributed by atoms with Gasteiger partial charge in [0.25, 0.3) is 0 Å². The van der Waals surface area contributed by atoms with E-state index in [2.05, 4.69) is 14.9 Å². The maximum absolute atomic E-state index is 4.83. The van der Waals surface area contributed by atoms with Crippen molar-refractivity contribution in [3.8, 4) is 11.3 Å². The standard InChI is InChI=1S/C6H4N2O2/c1-2-9-4-5(1)6-3-7-10-8-6/h1-4H. The molecule has 2 aromatic heterocycles. The van der Waals surface area contributed by atoms with Crippen molar-refractivity contribution in [3.63, 3.8) is 0 Å². The first kappa shape index (κ1) is 5.22. The third-order valence-electron chi connectivity index (χ3n) is 1.18. The highest BCUT2D eigenvalue weighted by Crippen LogP contribution is 2.14. The van der Waals surface area contributed by atoms with Crippen molar-refractivity contribution in [2.24, 2.45) is 0 Å². The van der Waals surface area contributed by atoms with Crippen molar-refractivity contribution in [3.05, 3.63) is 24.8 Å². The van der Waals surface area contributed by atoms with Crippen molar-refractivity contribution < 1.29 is 9.05 Å². The fourth-order valence-electron chi connectivity index (χ4n) is 0.702. The van der Waals surface area contributed by atoms with E-state index in [9.17, 15) is 0 Å². The maximum Gasteiger partial charge on any atom is 0.138 e. The topological polar surface area (TPSA) is 52.1 Å². The average molecular weight is 136 g/mol. The highest BCUT2D eigenvalue weighted by Gasteiger charge is 2.01. The van der Waals surface area contributed by atoms with Crippen LogP contribution in [0, 0.1) is 0 Å². The van der Waals surface area contributed by atoms with E-state index in [4.69, 9.17) is 4.42 Å². The summed E-state index contributed by atoms with van der Waals surface area (Å²) in [6.07, 6.45) is 4.69. The molecule has 0 aromatic carbocycles. The van der Waals surface area contributed by atoms with Crippen molar-refractivity contribution >= 4 is 0 Å². The van der Waals surface area contributed by atoms with Crippen LogP contribution in [-0.4, -0.2) is 10.3 Å². The molecule has 0 spiro atoms. The highest BCUT2D eigenvalue weighted by atomic mass is 16.6. The SMILES string of the molecule is c1cc(-c2cnon2)co1. The molecule has 4 nitrogen and oxygen atoms in total. The Bertz CT molecular complexity index is 253. The molecular formula is C6H4N2O2. The van der Waals surface area contributed by atoms with Crippen LogP contribution in [0.15, 0.2) is 33.8 Å². The summed E-state index contributed by atoms with van der Waals surface area (Å²) in [5.41, 5.74) is 1.56. The third-order valence-corrected chi connectivity index (χ3v) is 1.18. The summed E-state index contributed by atoms with van der Waals surface area (Å²) >= 11 is 0. The quantitative estimate of drug-likeness (QED) is 0.593. The van der Waals surface area contributed by atoms with E-state index in [1.165, 1.54) is 6.20 Å². The van der Waals surface area contributed by atoms with E-state index < -0.39 is 0 Å². The molecule has 4 heteroatoms. The van der Waals surface area contributed by atoms with Gasteiger partial charge in [0, 0.05) is 5.56 Å². The minimum absolute atomic E-state index is 0.689. The minimum Gasteiger partial charge on any atom is -0.472 e. The molecule has 0 saturated heterocycles. The van der Waals surface area contributed by atoms with E-state index in [0.29, 0.717) is 5.69 Å². The molecule has 50 valence electrons. The van der Waals surface area contributed by atoms with E-state index in [0.717, 1.165) is 5.56 Å². The van der Waals surface area contributed by atoms with Crippen LogP contribution in [0.25, 0.3) is 11.3 Å². The summed E-state index contributed by atoms with van der Waals surface area (Å²) in [5.74, 6) is 0. The van der Waals surface area contributed by atoms with Gasteiger partial charge in [0.1, 0.15) is 5.69 Å². The largest absolute Gasteiger partial charge is 0.472 e. The van der Waals surface area contributed by atoms with Gasteiger partial charge in [0.2, 0.25) is 0 Å². The smallest absolute Gasteiger partial charge is 0.138 e. The van der Waals surface area contributed by atoms with Crippen molar-refractivity contribution in [2.75, 3.05) is 0 Å². The van der Waals surface area contributed by atoms with Gasteiger partial charge in [-0.1, -0.05) is 5.16 Å². The Morgan fingerprint density at radius 2 is 2.40 bits per heavy atom. The van der Waals surface area contributed by atoms with Crippen LogP contribution in [0.2, 0.25) is 0 Å². The molecule has 10 heavy (non-hydrogen) atoms. The van der Waals surface area contributed by atoms with Crippen LogP contribution in [0.3, 0.4) is 0 Å². The lowest BCUT2D eigenvalue weighted by Gasteiger charge is -1.78. The first-order chi connectivity index (χ1) is 4.97. The van der Waals surface area contributed by atoms with Crippen LogP contribution in [0.4, 0.5) is 0 Å². The van der Waals surface area contributed by atoms with Gasteiger partial charge < -0.3 is 4.42 Å². The molecule has 0 aliphatic heterocycles. The number of nitrogens with zero attached hydrogens (tertiary/aromatic N) is 2. The van der Waals surface area contributed by atoms with Gasteiger partial charge in [-0.25, -0.2) is 4.63 Å². The van der Waals surface area contributed by atoms with Gasteiger partial charge in [-0.3, -0.25) is 0 Å². The lowest BCUT2D eigenvalue weighted by molar-refractivity contribution is 0.308. The first-order valence-electron chi connectivity index (χ1n) is 2.77. The van der Waals surface area contributed by atoms with Crippen LogP contribution >= 0.6 is 0 Å². The average Bonchev–Trinajstić information content (AvgIpc) is 2.59. The van der Waals surface area contributed by atoms with Crippen molar-refractivity contribution in [1.82, 2.24) is 10.3 Å². The molecule has 0 amide bonds. The molecule has 2 heterocycles. The molecule has 2 aromatic rings. The Balaban J connectivity index is 2.48. The Kier molecular flexibility index (Phi) is 1.04. The van der Waals surface area contributed by atoms with E-state index in [1.807, 2.05) is 0 Å². The summed E-state index contributed by atoms with van der Waals surface area (Å²) in [6, 6.07) is 1.79. The Hall–Kier alpha value is -1.58. The monoisotopic (exact) mass is 136 g/mol. The van der Waals surface area contributed by atoms with Gasteiger partial charge in [-0.2, -0.15) is 0 Å². The highest BCUT2D eigenvalue weighted by molar-refractivity contribution is 5.54. The fraction of sp³-hybridized carbons (Fsp3) is 0. The van der Waals surface area contributed by atoms with Crippen LogP contribution < -0.4 is 0 Å². The molecule has 0 saturated carbocycles. The fourth-order valence-corrected chi connectivity index (χ4v) is 0.702. The van der Waals surface area contributed by atoms with E-state index in [1.54, 1.807) is 18.6 Å². The zero-order valence-electron chi connectivity index (χ0n) is 5.02. The van der Waals surface area contributed by atoms with Crippen LogP contribution in [-0.2, 0) is 0 Å². The Morgan fingerprint density at radius 3 is 3.00 bits per heavy atom. The van der Waals surface area contributed by atoms with Crippen molar-refractivity contribution in [2.45, 2.75) is 0 Å². The Morgan fingerprint density at radius 1 is 1.40 bits per heavy atom. The number of hydrogen-bond donors (Lipinski definition) is 0. The molecule has 0 atom stereocenters. The lowest BCUT2D eigenvalue weighted by Crippen LogP contribution is -1.68. The molecule has 2 rings (SSSR count). The molecule has 0 bridgehead atoms. The molecule has 0 fully saturated rings. The zero-order chi connectivity index (χ0) is 6.81. The normalized spacial score (nSPS) is 10.0. The molecule has 0 unspecified atom stereocenters. The van der Waals surface area contributed by atoms with Crippen LogP contribution in [0.1, 0.15) is 0 Å². The third kappa shape index (κ3) is 0.699. The number of furan rings is 1. The second-order valence-electron chi connectivity index (χ2n) is 1.80. The van der Waals surface area contributed by atoms with Gasteiger partial charge in [0.05, 0.1) is 18.7 Å². The zero-order valence-corrected chi connectivity index (χ0v) is 5.02. The molecule has 0 aliphatic carbocycles. The second-order valence-corrected chi connectivity index (χ2v) is 1.80. The van der Waals surface area contributed by atoms with E-state index in [-0.39, 0.29) is 0 Å². The number of rotatable bonds is 1. The predicted molar refractivity (Wildman–Crippen MR) is 32.0 cm³/mol.